The monoisotopic (exact) mass is 351 g/mol. The average molecular weight is 352 g/mol. The summed E-state index contributed by atoms with van der Waals surface area (Å²) in [6.07, 6.45) is 6.05. The lowest BCUT2D eigenvalue weighted by molar-refractivity contribution is 0.134. The van der Waals surface area contributed by atoms with Crippen LogP contribution in [0.2, 0.25) is 5.02 Å². The third-order valence-corrected chi connectivity index (χ3v) is 4.46. The van der Waals surface area contributed by atoms with Crippen molar-refractivity contribution in [3.8, 4) is 11.1 Å². The molecule has 0 aliphatic heterocycles. The lowest BCUT2D eigenvalue weighted by atomic mass is 10.0. The second-order valence-corrected chi connectivity index (χ2v) is 8.32. The molecule has 4 nitrogen and oxygen atoms in total. The minimum absolute atomic E-state index is 0.254. The maximum atomic E-state index is 11.5. The van der Waals surface area contributed by atoms with Gasteiger partial charge in [-0.25, -0.2) is 8.42 Å². The molecule has 0 spiro atoms. The van der Waals surface area contributed by atoms with Crippen molar-refractivity contribution in [3.63, 3.8) is 0 Å². The molecule has 0 fully saturated rings. The highest BCUT2D eigenvalue weighted by molar-refractivity contribution is 7.90. The number of nitrogens with zero attached hydrogens (tertiary/aromatic N) is 1. The zero-order valence-corrected chi connectivity index (χ0v) is 14.7. The van der Waals surface area contributed by atoms with Crippen molar-refractivity contribution in [2.45, 2.75) is 24.3 Å². The molecule has 122 valence electrons. The van der Waals surface area contributed by atoms with E-state index >= 15 is 0 Å². The van der Waals surface area contributed by atoms with Gasteiger partial charge in [0.05, 0.1) is 21.2 Å². The van der Waals surface area contributed by atoms with Gasteiger partial charge in [0, 0.05) is 18.0 Å². The van der Waals surface area contributed by atoms with Gasteiger partial charge < -0.3 is 5.11 Å². The smallest absolute Gasteiger partial charge is 0.175 e. The van der Waals surface area contributed by atoms with Crippen LogP contribution in [0, 0.1) is 0 Å². The lowest BCUT2D eigenvalue weighted by Crippen LogP contribution is -2.13. The molecule has 1 aromatic carbocycles. The SMILES string of the molecule is CC(C)(O)/C=C/c1ncc(Cl)cc1-c1ccc(S(C)(=O)=O)cc1. The van der Waals surface area contributed by atoms with Crippen LogP contribution in [-0.4, -0.2) is 30.4 Å². The summed E-state index contributed by atoms with van der Waals surface area (Å²) < 4.78 is 23.1. The van der Waals surface area contributed by atoms with Crippen LogP contribution in [0.3, 0.4) is 0 Å². The maximum absolute atomic E-state index is 11.5. The Labute approximate surface area is 141 Å². The van der Waals surface area contributed by atoms with Crippen molar-refractivity contribution in [2.75, 3.05) is 6.26 Å². The summed E-state index contributed by atoms with van der Waals surface area (Å²) in [7, 11) is -3.24. The zero-order chi connectivity index (χ0) is 17.3. The predicted molar refractivity (Wildman–Crippen MR) is 93.1 cm³/mol. The quantitative estimate of drug-likeness (QED) is 0.914. The summed E-state index contributed by atoms with van der Waals surface area (Å²) in [5, 5.41) is 10.3. The van der Waals surface area contributed by atoms with Gasteiger partial charge in [-0.2, -0.15) is 0 Å². The van der Waals surface area contributed by atoms with Gasteiger partial charge >= 0.3 is 0 Å². The highest BCUT2D eigenvalue weighted by Crippen LogP contribution is 2.28. The van der Waals surface area contributed by atoms with Crippen LogP contribution in [0.1, 0.15) is 19.5 Å². The van der Waals surface area contributed by atoms with E-state index in [1.54, 1.807) is 56.3 Å². The van der Waals surface area contributed by atoms with Crippen LogP contribution < -0.4 is 0 Å². The molecule has 0 unspecified atom stereocenters. The molecule has 0 radical (unpaired) electrons. The van der Waals surface area contributed by atoms with E-state index in [-0.39, 0.29) is 4.90 Å². The van der Waals surface area contributed by atoms with Crippen LogP contribution >= 0.6 is 11.6 Å². The van der Waals surface area contributed by atoms with Crippen molar-refractivity contribution >= 4 is 27.5 Å². The normalized spacial score (nSPS) is 12.7. The van der Waals surface area contributed by atoms with Crippen molar-refractivity contribution in [1.82, 2.24) is 4.98 Å². The zero-order valence-electron chi connectivity index (χ0n) is 13.1. The van der Waals surface area contributed by atoms with Gasteiger partial charge in [0.2, 0.25) is 0 Å². The number of benzene rings is 1. The summed E-state index contributed by atoms with van der Waals surface area (Å²) in [5.41, 5.74) is 1.24. The van der Waals surface area contributed by atoms with E-state index in [1.807, 2.05) is 0 Å². The molecule has 0 aliphatic carbocycles. The Morgan fingerprint density at radius 1 is 1.22 bits per heavy atom. The van der Waals surface area contributed by atoms with E-state index < -0.39 is 15.4 Å². The maximum Gasteiger partial charge on any atom is 0.175 e. The summed E-state index contributed by atoms with van der Waals surface area (Å²) in [5.74, 6) is 0. The van der Waals surface area contributed by atoms with Crippen molar-refractivity contribution in [3.05, 3.63) is 53.3 Å². The lowest BCUT2D eigenvalue weighted by Gasteiger charge is -2.12. The first kappa shape index (κ1) is 17.7. The molecule has 0 bridgehead atoms. The number of aromatic nitrogens is 1. The molecule has 0 saturated heterocycles. The molecule has 6 heteroatoms. The van der Waals surface area contributed by atoms with Crippen molar-refractivity contribution in [2.24, 2.45) is 0 Å². The van der Waals surface area contributed by atoms with Gasteiger partial charge in [-0.15, -0.1) is 0 Å². The standard InChI is InChI=1S/C17H18ClNO3S/c1-17(2,20)9-8-16-15(10-13(18)11-19-16)12-4-6-14(7-5-12)23(3,21)22/h4-11,20H,1-3H3/b9-8+. The third-order valence-electron chi connectivity index (χ3n) is 3.13. The Kier molecular flexibility index (Phi) is 4.94. The fourth-order valence-corrected chi connectivity index (χ4v) is 2.77. The highest BCUT2D eigenvalue weighted by atomic mass is 35.5. The van der Waals surface area contributed by atoms with E-state index in [2.05, 4.69) is 4.98 Å². The van der Waals surface area contributed by atoms with Gasteiger partial charge in [-0.3, -0.25) is 4.98 Å². The number of sulfone groups is 1. The van der Waals surface area contributed by atoms with E-state index in [0.29, 0.717) is 10.7 Å². The summed E-state index contributed by atoms with van der Waals surface area (Å²) >= 11 is 6.03. The second kappa shape index (κ2) is 6.43. The molecule has 0 atom stereocenters. The van der Waals surface area contributed by atoms with Gasteiger partial charge in [0.25, 0.3) is 0 Å². The third kappa shape index (κ3) is 4.89. The molecule has 0 saturated carbocycles. The number of pyridine rings is 1. The molecule has 1 heterocycles. The fourth-order valence-electron chi connectivity index (χ4n) is 1.98. The summed E-state index contributed by atoms with van der Waals surface area (Å²) in [4.78, 5) is 4.54. The van der Waals surface area contributed by atoms with Gasteiger partial charge in [0.15, 0.2) is 9.84 Å². The first-order valence-corrected chi connectivity index (χ1v) is 9.21. The largest absolute Gasteiger partial charge is 0.386 e. The molecule has 1 aromatic heterocycles. The van der Waals surface area contributed by atoms with E-state index in [9.17, 15) is 13.5 Å². The minimum Gasteiger partial charge on any atom is -0.386 e. The molecule has 0 aliphatic rings. The van der Waals surface area contributed by atoms with E-state index in [4.69, 9.17) is 11.6 Å². The van der Waals surface area contributed by atoms with Crippen molar-refractivity contribution in [1.29, 1.82) is 0 Å². The Balaban J connectivity index is 2.50. The Morgan fingerprint density at radius 3 is 2.35 bits per heavy atom. The first-order valence-electron chi connectivity index (χ1n) is 6.94. The van der Waals surface area contributed by atoms with Crippen molar-refractivity contribution < 1.29 is 13.5 Å². The molecule has 2 aromatic rings. The molecule has 2 rings (SSSR count). The summed E-state index contributed by atoms with van der Waals surface area (Å²) in [6.45, 7) is 3.33. The van der Waals surface area contributed by atoms with Crippen LogP contribution in [0.15, 0.2) is 47.5 Å². The first-order chi connectivity index (χ1) is 10.6. The number of aliphatic hydroxyl groups is 1. The molecule has 0 amide bonds. The number of hydrogen-bond donors (Lipinski definition) is 1. The van der Waals surface area contributed by atoms with Crippen LogP contribution in [0.4, 0.5) is 0 Å². The molecule has 1 N–H and O–H groups in total. The Hall–Kier alpha value is -1.69. The second-order valence-electron chi connectivity index (χ2n) is 5.87. The molecular formula is C17H18ClNO3S. The highest BCUT2D eigenvalue weighted by Gasteiger charge is 2.11. The number of hydrogen-bond acceptors (Lipinski definition) is 4. The van der Waals surface area contributed by atoms with Gasteiger partial charge in [-0.05, 0) is 43.7 Å². The van der Waals surface area contributed by atoms with E-state index in [1.165, 1.54) is 12.5 Å². The molecular weight excluding hydrogens is 334 g/mol. The topological polar surface area (TPSA) is 67.3 Å². The number of rotatable bonds is 4. The van der Waals surface area contributed by atoms with Crippen LogP contribution in [0.25, 0.3) is 17.2 Å². The van der Waals surface area contributed by atoms with Crippen LogP contribution in [0.5, 0.6) is 0 Å². The minimum atomic E-state index is -3.24. The van der Waals surface area contributed by atoms with Crippen LogP contribution in [-0.2, 0) is 9.84 Å². The predicted octanol–water partition coefficient (Wildman–Crippen LogP) is 3.59. The Morgan fingerprint density at radius 2 is 1.83 bits per heavy atom. The average Bonchev–Trinajstić information content (AvgIpc) is 2.44. The summed E-state index contributed by atoms with van der Waals surface area (Å²) in [6, 6.07) is 8.29. The molecule has 23 heavy (non-hydrogen) atoms. The Bertz CT molecular complexity index is 835. The van der Waals surface area contributed by atoms with Gasteiger partial charge in [0.1, 0.15) is 0 Å². The fraction of sp³-hybridized carbons (Fsp3) is 0.235. The number of halogens is 1. The van der Waals surface area contributed by atoms with Gasteiger partial charge in [-0.1, -0.05) is 29.8 Å². The van der Waals surface area contributed by atoms with E-state index in [0.717, 1.165) is 11.1 Å².